The van der Waals surface area contributed by atoms with Gasteiger partial charge in [-0.25, -0.2) is 0 Å². The maximum Gasteiger partial charge on any atom is 0.128 e. The van der Waals surface area contributed by atoms with Crippen molar-refractivity contribution in [3.8, 4) is 5.75 Å². The van der Waals surface area contributed by atoms with Crippen molar-refractivity contribution in [3.63, 3.8) is 0 Å². The molecule has 0 amide bonds. The molecule has 1 aromatic rings. The molecule has 0 aliphatic carbocycles. The molecule has 0 aliphatic heterocycles. The van der Waals surface area contributed by atoms with Crippen molar-refractivity contribution < 1.29 is 9.84 Å². The van der Waals surface area contributed by atoms with Crippen LogP contribution in [0.3, 0.4) is 0 Å². The minimum atomic E-state index is -0.505. The van der Waals surface area contributed by atoms with Crippen LogP contribution in [0, 0.1) is 6.92 Å². The number of hydrogen-bond acceptors (Lipinski definition) is 2. The first kappa shape index (κ1) is 10.8. The summed E-state index contributed by atoms with van der Waals surface area (Å²) in [4.78, 5) is 0. The summed E-state index contributed by atoms with van der Waals surface area (Å²) in [5.41, 5.74) is 1.86. The Morgan fingerprint density at radius 1 is 1.57 bits per heavy atom. The highest BCUT2D eigenvalue weighted by Gasteiger charge is 2.10. The van der Waals surface area contributed by atoms with Gasteiger partial charge in [0.15, 0.2) is 0 Å². The number of aryl methyl sites for hydroxylation is 1. The lowest BCUT2D eigenvalue weighted by Crippen LogP contribution is -2.02. The average Bonchev–Trinajstić information content (AvgIpc) is 2.15. The van der Waals surface area contributed by atoms with Crippen LogP contribution in [-0.4, -0.2) is 11.7 Å². The lowest BCUT2D eigenvalue weighted by Gasteiger charge is -2.14. The fourth-order valence-corrected chi connectivity index (χ4v) is 1.34. The Morgan fingerprint density at radius 3 is 2.86 bits per heavy atom. The highest BCUT2D eigenvalue weighted by Crippen LogP contribution is 2.28. The Labute approximate surface area is 84.8 Å². The smallest absolute Gasteiger partial charge is 0.128 e. The van der Waals surface area contributed by atoms with Crippen LogP contribution in [0.5, 0.6) is 5.75 Å². The molecule has 2 nitrogen and oxygen atoms in total. The maximum absolute atomic E-state index is 9.52. The first-order chi connectivity index (χ1) is 6.66. The van der Waals surface area contributed by atoms with Crippen molar-refractivity contribution in [1.29, 1.82) is 0 Å². The molecule has 0 saturated heterocycles. The molecule has 1 N–H and O–H groups in total. The van der Waals surface area contributed by atoms with Crippen molar-refractivity contribution >= 4 is 0 Å². The second-order valence-electron chi connectivity index (χ2n) is 3.27. The largest absolute Gasteiger partial charge is 0.489 e. The third-order valence-corrected chi connectivity index (χ3v) is 2.04. The van der Waals surface area contributed by atoms with Crippen LogP contribution in [0.15, 0.2) is 30.9 Å². The number of benzene rings is 1. The van der Waals surface area contributed by atoms with Gasteiger partial charge < -0.3 is 9.84 Å². The van der Waals surface area contributed by atoms with Crippen molar-refractivity contribution in [3.05, 3.63) is 42.0 Å². The third-order valence-electron chi connectivity index (χ3n) is 2.04. The van der Waals surface area contributed by atoms with Gasteiger partial charge in [-0.3, -0.25) is 0 Å². The van der Waals surface area contributed by atoms with E-state index in [1.165, 1.54) is 0 Å². The minimum absolute atomic E-state index is 0.463. The summed E-state index contributed by atoms with van der Waals surface area (Å²) in [6.45, 7) is 7.75. The Bertz CT molecular complexity index is 316. The second kappa shape index (κ2) is 4.82. The van der Waals surface area contributed by atoms with Crippen LogP contribution in [0.4, 0.5) is 0 Å². The molecule has 14 heavy (non-hydrogen) atoms. The molecule has 1 rings (SSSR count). The zero-order valence-corrected chi connectivity index (χ0v) is 8.66. The van der Waals surface area contributed by atoms with Gasteiger partial charge in [-0.1, -0.05) is 30.9 Å². The fourth-order valence-electron chi connectivity index (χ4n) is 1.34. The van der Waals surface area contributed by atoms with Crippen LogP contribution in [0.1, 0.15) is 24.2 Å². The molecule has 1 aromatic carbocycles. The summed E-state index contributed by atoms with van der Waals surface area (Å²) >= 11 is 0. The van der Waals surface area contributed by atoms with Crippen molar-refractivity contribution in [2.75, 3.05) is 6.61 Å². The molecule has 0 saturated carbocycles. The van der Waals surface area contributed by atoms with Crippen LogP contribution < -0.4 is 4.74 Å². The number of aliphatic hydroxyl groups excluding tert-OH is 1. The lowest BCUT2D eigenvalue weighted by molar-refractivity contribution is 0.192. The highest BCUT2D eigenvalue weighted by molar-refractivity contribution is 5.41. The first-order valence-electron chi connectivity index (χ1n) is 4.68. The van der Waals surface area contributed by atoms with Gasteiger partial charge in [-0.05, 0) is 19.4 Å². The summed E-state index contributed by atoms with van der Waals surface area (Å²) in [5.74, 6) is 0.766. The van der Waals surface area contributed by atoms with E-state index in [0.717, 1.165) is 16.9 Å². The molecule has 0 radical (unpaired) electrons. The molecule has 1 unspecified atom stereocenters. The van der Waals surface area contributed by atoms with Gasteiger partial charge in [0.1, 0.15) is 12.4 Å². The summed E-state index contributed by atoms with van der Waals surface area (Å²) < 4.78 is 5.50. The highest BCUT2D eigenvalue weighted by atomic mass is 16.5. The van der Waals surface area contributed by atoms with Gasteiger partial charge >= 0.3 is 0 Å². The number of rotatable bonds is 4. The van der Waals surface area contributed by atoms with E-state index < -0.39 is 6.10 Å². The number of para-hydroxylation sites is 1. The van der Waals surface area contributed by atoms with Crippen LogP contribution in [0.25, 0.3) is 0 Å². The van der Waals surface area contributed by atoms with E-state index in [4.69, 9.17) is 4.74 Å². The van der Waals surface area contributed by atoms with Crippen molar-refractivity contribution in [2.24, 2.45) is 0 Å². The predicted molar refractivity (Wildman–Crippen MR) is 57.5 cm³/mol. The van der Waals surface area contributed by atoms with Gasteiger partial charge in [0.2, 0.25) is 0 Å². The van der Waals surface area contributed by atoms with E-state index in [-0.39, 0.29) is 0 Å². The summed E-state index contributed by atoms with van der Waals surface area (Å²) in [5, 5.41) is 9.52. The minimum Gasteiger partial charge on any atom is -0.489 e. The summed E-state index contributed by atoms with van der Waals surface area (Å²) in [7, 11) is 0. The molecule has 0 bridgehead atoms. The standard InChI is InChI=1S/C12H16O2/c1-4-8-14-12-9(2)6-5-7-11(12)10(3)13/h4-7,10,13H,1,8H2,2-3H3. The van der Waals surface area contributed by atoms with Crippen molar-refractivity contribution in [1.82, 2.24) is 0 Å². The van der Waals surface area contributed by atoms with E-state index in [9.17, 15) is 5.11 Å². The molecule has 2 heteroatoms. The predicted octanol–water partition coefficient (Wildman–Crippen LogP) is 2.61. The monoisotopic (exact) mass is 192 g/mol. The van der Waals surface area contributed by atoms with E-state index in [1.54, 1.807) is 13.0 Å². The van der Waals surface area contributed by atoms with Crippen LogP contribution >= 0.6 is 0 Å². The third kappa shape index (κ3) is 2.36. The molecular weight excluding hydrogens is 176 g/mol. The molecular formula is C12H16O2. The molecule has 0 fully saturated rings. The van der Waals surface area contributed by atoms with Crippen LogP contribution in [-0.2, 0) is 0 Å². The van der Waals surface area contributed by atoms with E-state index in [2.05, 4.69) is 6.58 Å². The molecule has 76 valence electrons. The normalized spacial score (nSPS) is 12.2. The zero-order chi connectivity index (χ0) is 10.6. The summed E-state index contributed by atoms with van der Waals surface area (Å²) in [6.07, 6.45) is 1.19. The van der Waals surface area contributed by atoms with Gasteiger partial charge in [0, 0.05) is 5.56 Å². The van der Waals surface area contributed by atoms with Crippen LogP contribution in [0.2, 0.25) is 0 Å². The molecule has 0 spiro atoms. The number of aliphatic hydroxyl groups is 1. The average molecular weight is 192 g/mol. The van der Waals surface area contributed by atoms with Gasteiger partial charge in [-0.15, -0.1) is 0 Å². The van der Waals surface area contributed by atoms with Gasteiger partial charge in [0.25, 0.3) is 0 Å². The quantitative estimate of drug-likeness (QED) is 0.743. The molecule has 0 heterocycles. The van der Waals surface area contributed by atoms with E-state index in [1.807, 2.05) is 25.1 Å². The Morgan fingerprint density at radius 2 is 2.29 bits per heavy atom. The SMILES string of the molecule is C=CCOc1c(C)cccc1C(C)O. The maximum atomic E-state index is 9.52. The Balaban J connectivity index is 3.02. The fraction of sp³-hybridized carbons (Fsp3) is 0.333. The van der Waals surface area contributed by atoms with Crippen molar-refractivity contribution in [2.45, 2.75) is 20.0 Å². The number of hydrogen-bond donors (Lipinski definition) is 1. The van der Waals surface area contributed by atoms with Gasteiger partial charge in [0.05, 0.1) is 6.10 Å². The Kier molecular flexibility index (Phi) is 3.72. The summed E-state index contributed by atoms with van der Waals surface area (Å²) in [6, 6.07) is 5.75. The van der Waals surface area contributed by atoms with E-state index in [0.29, 0.717) is 6.61 Å². The molecule has 1 atom stereocenters. The Hall–Kier alpha value is -1.28. The van der Waals surface area contributed by atoms with E-state index >= 15 is 0 Å². The topological polar surface area (TPSA) is 29.5 Å². The number of ether oxygens (including phenoxy) is 1. The molecule has 0 aliphatic rings. The molecule has 0 aromatic heterocycles. The first-order valence-corrected chi connectivity index (χ1v) is 4.68. The second-order valence-corrected chi connectivity index (χ2v) is 3.27. The lowest BCUT2D eigenvalue weighted by atomic mass is 10.1. The zero-order valence-electron chi connectivity index (χ0n) is 8.66. The van der Waals surface area contributed by atoms with Gasteiger partial charge in [-0.2, -0.15) is 0 Å².